The van der Waals surface area contributed by atoms with Gasteiger partial charge in [-0.3, -0.25) is 18.6 Å². The number of rotatable bonds is 39. The van der Waals surface area contributed by atoms with Crippen molar-refractivity contribution in [3.05, 3.63) is 72.9 Å². The van der Waals surface area contributed by atoms with Crippen LogP contribution < -0.4 is 0 Å². The number of likely N-dealkylation sites (N-methyl/N-ethyl adjacent to an activating group) is 1. The summed E-state index contributed by atoms with van der Waals surface area (Å²) in [5.41, 5.74) is 0. The summed E-state index contributed by atoms with van der Waals surface area (Å²) >= 11 is 0. The highest BCUT2D eigenvalue weighted by Gasteiger charge is 2.27. The molecule has 1 N–H and O–H groups in total. The van der Waals surface area contributed by atoms with Gasteiger partial charge in [0.05, 0.1) is 27.7 Å². The second kappa shape index (κ2) is 38.9. The molecular formula is C47H83NO8P+. The van der Waals surface area contributed by atoms with E-state index in [-0.39, 0.29) is 26.1 Å². The van der Waals surface area contributed by atoms with E-state index >= 15 is 0 Å². The number of phosphoric ester groups is 1. The van der Waals surface area contributed by atoms with E-state index < -0.39 is 32.5 Å². The van der Waals surface area contributed by atoms with Crippen LogP contribution in [-0.2, 0) is 32.7 Å². The summed E-state index contributed by atoms with van der Waals surface area (Å²) in [5, 5.41) is 0. The first kappa shape index (κ1) is 54.5. The van der Waals surface area contributed by atoms with Crippen LogP contribution in [0, 0.1) is 0 Å². The predicted octanol–water partition coefficient (Wildman–Crippen LogP) is 12.6. The molecule has 0 aromatic rings. The zero-order valence-corrected chi connectivity index (χ0v) is 37.7. The van der Waals surface area contributed by atoms with Crippen molar-refractivity contribution in [1.29, 1.82) is 0 Å². The van der Waals surface area contributed by atoms with Gasteiger partial charge in [0.2, 0.25) is 0 Å². The monoisotopic (exact) mass is 821 g/mol. The average molecular weight is 821 g/mol. The summed E-state index contributed by atoms with van der Waals surface area (Å²) in [5.74, 6) is -0.895. The summed E-state index contributed by atoms with van der Waals surface area (Å²) in [6.07, 6.45) is 48.2. The number of carbonyl (C=O) groups is 2. The summed E-state index contributed by atoms with van der Waals surface area (Å²) in [4.78, 5) is 35.3. The Bertz CT molecular complexity index is 1200. The van der Waals surface area contributed by atoms with E-state index in [2.05, 4.69) is 74.6 Å². The molecular weight excluding hydrogens is 737 g/mol. The first-order valence-electron chi connectivity index (χ1n) is 22.2. The molecule has 0 aliphatic carbocycles. The molecule has 0 heterocycles. The van der Waals surface area contributed by atoms with Crippen molar-refractivity contribution in [3.63, 3.8) is 0 Å². The van der Waals surface area contributed by atoms with Gasteiger partial charge >= 0.3 is 19.8 Å². The SMILES string of the molecule is CC/C=C/C/C=C/C/C=C/C/C=C/CCCCCCCCCC(=O)OCC(COP(=O)(O)OCC[N+](C)(C)C)OC(=O)CC/C=C/C/C=C/CCCCCCCC. The quantitative estimate of drug-likeness (QED) is 0.0215. The van der Waals surface area contributed by atoms with Gasteiger partial charge in [0, 0.05) is 12.8 Å². The first-order valence-corrected chi connectivity index (χ1v) is 23.7. The number of nitrogens with zero attached hydrogens (tertiary/aromatic N) is 1. The molecule has 10 heteroatoms. The molecule has 0 saturated heterocycles. The minimum absolute atomic E-state index is 0.0172. The lowest BCUT2D eigenvalue weighted by molar-refractivity contribution is -0.870. The third-order valence-corrected chi connectivity index (χ3v) is 9.97. The standard InChI is InChI=1S/C47H82NO8P/c1-6-8-10-12-14-16-18-20-21-22-23-24-25-26-28-29-31-33-35-37-39-46(49)53-43-45(44-55-57(51,52)54-42-41-48(3,4)5)56-47(50)40-38-36-34-32-30-27-19-17-15-13-11-9-7-2/h8,10,14,16,20-21,23-24,27,30,34,36,45H,6-7,9,11-13,15,17-19,22,25-26,28-29,31-33,35,37-44H2,1-5H3/p+1/b10-8+,16-14+,21-20+,24-23+,30-27+,36-34+. The topological polar surface area (TPSA) is 108 Å². The molecule has 2 unspecified atom stereocenters. The number of quaternary nitrogens is 1. The lowest BCUT2D eigenvalue weighted by Crippen LogP contribution is -2.37. The highest BCUT2D eigenvalue weighted by molar-refractivity contribution is 7.47. The molecule has 2 atom stereocenters. The normalized spacial score (nSPS) is 14.3. The van der Waals surface area contributed by atoms with Crippen molar-refractivity contribution in [2.75, 3.05) is 47.5 Å². The molecule has 0 spiro atoms. The predicted molar refractivity (Wildman–Crippen MR) is 238 cm³/mol. The average Bonchev–Trinajstić information content (AvgIpc) is 3.16. The molecule has 0 rings (SSSR count). The molecule has 9 nitrogen and oxygen atoms in total. The molecule has 0 fully saturated rings. The Hall–Kier alpha value is -2.55. The fourth-order valence-corrected chi connectivity index (χ4v) is 6.27. The first-order chi connectivity index (χ1) is 27.5. The van der Waals surface area contributed by atoms with Crippen LogP contribution in [0.15, 0.2) is 72.9 Å². The van der Waals surface area contributed by atoms with E-state index in [4.69, 9.17) is 18.5 Å². The Kier molecular flexibility index (Phi) is 37.2. The highest BCUT2D eigenvalue weighted by Crippen LogP contribution is 2.43. The number of hydrogen-bond donors (Lipinski definition) is 1. The van der Waals surface area contributed by atoms with Crippen molar-refractivity contribution in [2.45, 2.75) is 168 Å². The Morgan fingerprint density at radius 1 is 0.561 bits per heavy atom. The summed E-state index contributed by atoms with van der Waals surface area (Å²) in [6, 6.07) is 0. The minimum Gasteiger partial charge on any atom is -0.462 e. The van der Waals surface area contributed by atoms with Crippen molar-refractivity contribution in [1.82, 2.24) is 0 Å². The van der Waals surface area contributed by atoms with Crippen LogP contribution in [0.2, 0.25) is 0 Å². The number of ether oxygens (including phenoxy) is 2. The molecule has 0 bridgehead atoms. The molecule has 328 valence electrons. The van der Waals surface area contributed by atoms with Crippen LogP contribution >= 0.6 is 7.82 Å². The van der Waals surface area contributed by atoms with Gasteiger partial charge in [0.1, 0.15) is 19.8 Å². The molecule has 57 heavy (non-hydrogen) atoms. The Morgan fingerprint density at radius 2 is 1.04 bits per heavy atom. The number of hydrogen-bond acceptors (Lipinski definition) is 7. The molecule has 0 aliphatic heterocycles. The van der Waals surface area contributed by atoms with Gasteiger partial charge in [0.25, 0.3) is 0 Å². The largest absolute Gasteiger partial charge is 0.472 e. The van der Waals surface area contributed by atoms with Gasteiger partial charge in [-0.25, -0.2) is 4.57 Å². The number of phosphoric acid groups is 1. The van der Waals surface area contributed by atoms with E-state index in [0.717, 1.165) is 64.2 Å². The zero-order valence-electron chi connectivity index (χ0n) is 36.8. The Balaban J connectivity index is 4.41. The third-order valence-electron chi connectivity index (χ3n) is 8.98. The summed E-state index contributed by atoms with van der Waals surface area (Å²) < 4.78 is 34.2. The van der Waals surface area contributed by atoms with E-state index in [0.29, 0.717) is 23.9 Å². The molecule has 0 amide bonds. The van der Waals surface area contributed by atoms with E-state index in [1.807, 2.05) is 33.3 Å². The van der Waals surface area contributed by atoms with Crippen LogP contribution in [0.1, 0.15) is 162 Å². The molecule has 0 aromatic heterocycles. The Labute approximate surface area is 348 Å². The van der Waals surface area contributed by atoms with Gasteiger partial charge < -0.3 is 18.9 Å². The highest BCUT2D eigenvalue weighted by atomic mass is 31.2. The summed E-state index contributed by atoms with van der Waals surface area (Å²) in [6.45, 7) is 4.20. The second-order valence-corrected chi connectivity index (χ2v) is 17.1. The fourth-order valence-electron chi connectivity index (χ4n) is 5.53. The molecule has 0 aliphatic rings. The number of unbranched alkanes of at least 4 members (excludes halogenated alkanes) is 13. The maximum Gasteiger partial charge on any atom is 0.472 e. The zero-order chi connectivity index (χ0) is 42.1. The maximum atomic E-state index is 12.6. The van der Waals surface area contributed by atoms with Gasteiger partial charge in [-0.15, -0.1) is 0 Å². The minimum atomic E-state index is -4.39. The number of allylic oxidation sites excluding steroid dienone is 12. The van der Waals surface area contributed by atoms with Crippen LogP contribution in [-0.4, -0.2) is 74.9 Å². The Morgan fingerprint density at radius 3 is 1.56 bits per heavy atom. The van der Waals surface area contributed by atoms with Crippen LogP contribution in [0.3, 0.4) is 0 Å². The molecule has 0 aromatic carbocycles. The van der Waals surface area contributed by atoms with Gasteiger partial charge in [-0.05, 0) is 70.6 Å². The van der Waals surface area contributed by atoms with Crippen molar-refractivity contribution in [2.24, 2.45) is 0 Å². The van der Waals surface area contributed by atoms with Gasteiger partial charge in [-0.2, -0.15) is 0 Å². The smallest absolute Gasteiger partial charge is 0.462 e. The van der Waals surface area contributed by atoms with E-state index in [9.17, 15) is 19.0 Å². The van der Waals surface area contributed by atoms with Crippen molar-refractivity contribution >= 4 is 19.8 Å². The number of esters is 2. The lowest BCUT2D eigenvalue weighted by atomic mass is 10.1. The van der Waals surface area contributed by atoms with Gasteiger partial charge in [0.15, 0.2) is 6.10 Å². The van der Waals surface area contributed by atoms with E-state index in [1.165, 1.54) is 57.8 Å². The molecule has 0 radical (unpaired) electrons. The van der Waals surface area contributed by atoms with Crippen LogP contribution in [0.4, 0.5) is 0 Å². The van der Waals surface area contributed by atoms with Crippen LogP contribution in [0.5, 0.6) is 0 Å². The van der Waals surface area contributed by atoms with E-state index in [1.54, 1.807) is 0 Å². The molecule has 0 saturated carbocycles. The maximum absolute atomic E-state index is 12.6. The number of carbonyl (C=O) groups excluding carboxylic acids is 2. The van der Waals surface area contributed by atoms with Crippen LogP contribution in [0.25, 0.3) is 0 Å². The summed E-state index contributed by atoms with van der Waals surface area (Å²) in [7, 11) is 1.43. The van der Waals surface area contributed by atoms with Gasteiger partial charge in [-0.1, -0.05) is 151 Å². The lowest BCUT2D eigenvalue weighted by Gasteiger charge is -2.24. The second-order valence-electron chi connectivity index (χ2n) is 15.7. The van der Waals surface area contributed by atoms with Crippen molar-refractivity contribution < 1.29 is 42.1 Å². The third kappa shape index (κ3) is 42.9. The van der Waals surface area contributed by atoms with Crippen molar-refractivity contribution in [3.8, 4) is 0 Å². The fraction of sp³-hybridized carbons (Fsp3) is 0.702.